The van der Waals surface area contributed by atoms with Gasteiger partial charge in [-0.15, -0.1) is 0 Å². The van der Waals surface area contributed by atoms with Gasteiger partial charge in [0.25, 0.3) is 0 Å². The molecule has 2 rings (SSSR count). The van der Waals surface area contributed by atoms with Crippen molar-refractivity contribution >= 4 is 17.5 Å². The maximum atomic E-state index is 12.4. The van der Waals surface area contributed by atoms with E-state index in [-0.39, 0.29) is 30.9 Å². The molecular formula is C15H18F3N3O2. The van der Waals surface area contributed by atoms with Crippen LogP contribution in [0.1, 0.15) is 18.4 Å². The number of likely N-dealkylation sites (N-methyl/N-ethyl adjacent to an activating group) is 1. The predicted octanol–water partition coefficient (Wildman–Crippen LogP) is 1.85. The lowest BCUT2D eigenvalue weighted by atomic mass is 10.2. The van der Waals surface area contributed by atoms with Gasteiger partial charge in [0, 0.05) is 18.8 Å². The zero-order valence-electron chi connectivity index (χ0n) is 12.6. The molecule has 0 unspecified atom stereocenters. The van der Waals surface area contributed by atoms with Crippen molar-refractivity contribution in [1.29, 1.82) is 0 Å². The molecule has 1 aliphatic carbocycles. The molecule has 1 fully saturated rings. The van der Waals surface area contributed by atoms with Crippen LogP contribution in [0.15, 0.2) is 24.3 Å². The molecule has 126 valence electrons. The molecule has 1 aromatic carbocycles. The first-order valence-electron chi connectivity index (χ1n) is 7.20. The number of benzene rings is 1. The predicted molar refractivity (Wildman–Crippen MR) is 78.7 cm³/mol. The summed E-state index contributed by atoms with van der Waals surface area (Å²) in [6.45, 7) is -0.136. The molecule has 0 aromatic heterocycles. The molecule has 0 spiro atoms. The molecule has 0 radical (unpaired) electrons. The van der Waals surface area contributed by atoms with E-state index in [1.54, 1.807) is 0 Å². The minimum absolute atomic E-state index is 0.0377. The summed E-state index contributed by atoms with van der Waals surface area (Å²) >= 11 is 0. The van der Waals surface area contributed by atoms with Crippen LogP contribution in [0.25, 0.3) is 0 Å². The van der Waals surface area contributed by atoms with Gasteiger partial charge in [-0.2, -0.15) is 13.2 Å². The fourth-order valence-corrected chi connectivity index (χ4v) is 1.89. The van der Waals surface area contributed by atoms with Gasteiger partial charge in [0.1, 0.15) is 0 Å². The lowest BCUT2D eigenvalue weighted by Gasteiger charge is -2.17. The standard InChI is InChI=1S/C15H18F3N3O2/c1-21(9-13(22)20-12-6-7-12)14(23)8-19-11-4-2-10(3-5-11)15(16,17)18/h2-5,12,19H,6-9H2,1H3,(H,20,22). The van der Waals surface area contributed by atoms with Crippen LogP contribution in [-0.2, 0) is 15.8 Å². The highest BCUT2D eigenvalue weighted by molar-refractivity contribution is 5.86. The second-order valence-electron chi connectivity index (χ2n) is 5.52. The number of halogens is 3. The third-order valence-electron chi connectivity index (χ3n) is 3.40. The van der Waals surface area contributed by atoms with Crippen molar-refractivity contribution in [2.24, 2.45) is 0 Å². The Balaban J connectivity index is 1.77. The monoisotopic (exact) mass is 329 g/mol. The molecule has 1 aliphatic rings. The first-order chi connectivity index (χ1) is 10.8. The summed E-state index contributed by atoms with van der Waals surface area (Å²) in [5.41, 5.74) is -0.342. The van der Waals surface area contributed by atoms with E-state index in [9.17, 15) is 22.8 Å². The normalized spacial score (nSPS) is 14.3. The number of hydrogen-bond acceptors (Lipinski definition) is 3. The Bertz CT molecular complexity index is 568. The maximum Gasteiger partial charge on any atom is 0.416 e. The fourth-order valence-electron chi connectivity index (χ4n) is 1.89. The summed E-state index contributed by atoms with van der Waals surface area (Å²) in [6, 6.07) is 4.64. The van der Waals surface area contributed by atoms with Crippen LogP contribution >= 0.6 is 0 Å². The zero-order valence-corrected chi connectivity index (χ0v) is 12.6. The molecule has 0 aliphatic heterocycles. The third-order valence-corrected chi connectivity index (χ3v) is 3.40. The Morgan fingerprint density at radius 2 is 1.83 bits per heavy atom. The number of alkyl halides is 3. The molecule has 8 heteroatoms. The minimum Gasteiger partial charge on any atom is -0.376 e. The van der Waals surface area contributed by atoms with E-state index < -0.39 is 11.7 Å². The van der Waals surface area contributed by atoms with Crippen molar-refractivity contribution in [3.63, 3.8) is 0 Å². The van der Waals surface area contributed by atoms with Crippen LogP contribution in [0, 0.1) is 0 Å². The van der Waals surface area contributed by atoms with E-state index in [1.807, 2.05) is 0 Å². The lowest BCUT2D eigenvalue weighted by molar-refractivity contribution is -0.137. The topological polar surface area (TPSA) is 61.4 Å². The highest BCUT2D eigenvalue weighted by Gasteiger charge is 2.30. The highest BCUT2D eigenvalue weighted by Crippen LogP contribution is 2.29. The number of rotatable bonds is 6. The van der Waals surface area contributed by atoms with E-state index >= 15 is 0 Å². The Hall–Kier alpha value is -2.25. The molecule has 0 atom stereocenters. The Morgan fingerprint density at radius 1 is 1.22 bits per heavy atom. The summed E-state index contributed by atoms with van der Waals surface area (Å²) in [7, 11) is 1.50. The number of hydrogen-bond donors (Lipinski definition) is 2. The molecule has 2 N–H and O–H groups in total. The summed E-state index contributed by atoms with van der Waals surface area (Å²) in [5.74, 6) is -0.534. The van der Waals surface area contributed by atoms with Crippen molar-refractivity contribution in [3.05, 3.63) is 29.8 Å². The zero-order chi connectivity index (χ0) is 17.0. The quantitative estimate of drug-likeness (QED) is 0.837. The van der Waals surface area contributed by atoms with Gasteiger partial charge in [0.05, 0.1) is 18.7 Å². The molecule has 0 bridgehead atoms. The highest BCUT2D eigenvalue weighted by atomic mass is 19.4. The minimum atomic E-state index is -4.39. The Labute approximate surface area is 131 Å². The lowest BCUT2D eigenvalue weighted by Crippen LogP contribution is -2.41. The first-order valence-corrected chi connectivity index (χ1v) is 7.20. The van der Waals surface area contributed by atoms with Crippen molar-refractivity contribution < 1.29 is 22.8 Å². The average Bonchev–Trinajstić information content (AvgIpc) is 3.27. The molecule has 23 heavy (non-hydrogen) atoms. The van der Waals surface area contributed by atoms with Crippen molar-refractivity contribution in [3.8, 4) is 0 Å². The largest absolute Gasteiger partial charge is 0.416 e. The summed E-state index contributed by atoms with van der Waals surface area (Å²) in [5, 5.41) is 5.51. The molecular weight excluding hydrogens is 311 g/mol. The van der Waals surface area contributed by atoms with Gasteiger partial charge < -0.3 is 15.5 Å². The summed E-state index contributed by atoms with van der Waals surface area (Å²) < 4.78 is 37.3. The maximum absolute atomic E-state index is 12.4. The molecule has 0 heterocycles. The second kappa shape index (κ2) is 6.89. The van der Waals surface area contributed by atoms with Crippen molar-refractivity contribution in [2.45, 2.75) is 25.1 Å². The van der Waals surface area contributed by atoms with Crippen LogP contribution in [0.3, 0.4) is 0 Å². The van der Waals surface area contributed by atoms with Crippen LogP contribution in [-0.4, -0.2) is 42.9 Å². The van der Waals surface area contributed by atoms with E-state index in [0.717, 1.165) is 25.0 Å². The first kappa shape index (κ1) is 17.1. The van der Waals surface area contributed by atoms with Crippen LogP contribution in [0.4, 0.5) is 18.9 Å². The summed E-state index contributed by atoms with van der Waals surface area (Å²) in [6.07, 6.45) is -2.44. The van der Waals surface area contributed by atoms with Crippen molar-refractivity contribution in [2.75, 3.05) is 25.5 Å². The van der Waals surface area contributed by atoms with Gasteiger partial charge >= 0.3 is 6.18 Å². The number of nitrogens with zero attached hydrogens (tertiary/aromatic N) is 1. The molecule has 0 saturated heterocycles. The van der Waals surface area contributed by atoms with E-state index in [2.05, 4.69) is 10.6 Å². The van der Waals surface area contributed by atoms with Gasteiger partial charge in [0.15, 0.2) is 0 Å². The smallest absolute Gasteiger partial charge is 0.376 e. The van der Waals surface area contributed by atoms with Crippen molar-refractivity contribution in [1.82, 2.24) is 10.2 Å². The van der Waals surface area contributed by atoms with Gasteiger partial charge in [0.2, 0.25) is 11.8 Å². The SMILES string of the molecule is CN(CC(=O)NC1CC1)C(=O)CNc1ccc(C(F)(F)F)cc1. The van der Waals surface area contributed by atoms with Crippen LogP contribution in [0.5, 0.6) is 0 Å². The molecule has 1 aromatic rings. The number of nitrogens with one attached hydrogen (secondary N) is 2. The number of carbonyl (C=O) groups is 2. The van der Waals surface area contributed by atoms with E-state index in [1.165, 1.54) is 24.1 Å². The molecule has 5 nitrogen and oxygen atoms in total. The number of anilines is 1. The number of amides is 2. The second-order valence-corrected chi connectivity index (χ2v) is 5.52. The van der Waals surface area contributed by atoms with E-state index in [0.29, 0.717) is 5.69 Å². The molecule has 2 amide bonds. The average molecular weight is 329 g/mol. The summed E-state index contributed by atoms with van der Waals surface area (Å²) in [4.78, 5) is 24.7. The fraction of sp³-hybridized carbons (Fsp3) is 0.467. The number of carbonyl (C=O) groups excluding carboxylic acids is 2. The van der Waals surface area contributed by atoms with Crippen LogP contribution in [0.2, 0.25) is 0 Å². The van der Waals surface area contributed by atoms with Gasteiger partial charge in [-0.1, -0.05) is 0 Å². The van der Waals surface area contributed by atoms with Gasteiger partial charge in [-0.05, 0) is 37.1 Å². The Kier molecular flexibility index (Phi) is 5.12. The Morgan fingerprint density at radius 3 is 2.35 bits per heavy atom. The van der Waals surface area contributed by atoms with Gasteiger partial charge in [-0.3, -0.25) is 9.59 Å². The van der Waals surface area contributed by atoms with Gasteiger partial charge in [-0.25, -0.2) is 0 Å². The van der Waals surface area contributed by atoms with E-state index in [4.69, 9.17) is 0 Å². The molecule has 1 saturated carbocycles. The van der Waals surface area contributed by atoms with Crippen LogP contribution < -0.4 is 10.6 Å². The third kappa shape index (κ3) is 5.46.